The van der Waals surface area contributed by atoms with Crippen LogP contribution < -0.4 is 5.32 Å². The van der Waals surface area contributed by atoms with Gasteiger partial charge in [-0.05, 0) is 54.0 Å². The number of benzene rings is 1. The van der Waals surface area contributed by atoms with Crippen LogP contribution in [0, 0.1) is 12.7 Å². The first-order valence-corrected chi connectivity index (χ1v) is 7.99. The number of halogens is 2. The highest BCUT2D eigenvalue weighted by Crippen LogP contribution is 2.22. The van der Waals surface area contributed by atoms with Crippen LogP contribution in [0.1, 0.15) is 36.2 Å². The number of hydrogen-bond donors (Lipinski definition) is 1. The monoisotopic (exact) mass is 350 g/mol. The van der Waals surface area contributed by atoms with Gasteiger partial charge in [0.1, 0.15) is 5.82 Å². The number of aromatic nitrogens is 1. The lowest BCUT2D eigenvalue weighted by molar-refractivity contribution is 0.493. The highest BCUT2D eigenvalue weighted by Gasteiger charge is 2.16. The average molecular weight is 351 g/mol. The Labute approximate surface area is 133 Å². The number of nitrogens with zero attached hydrogens (tertiary/aromatic N) is 1. The zero-order valence-electron chi connectivity index (χ0n) is 12.4. The van der Waals surface area contributed by atoms with E-state index in [9.17, 15) is 4.39 Å². The van der Waals surface area contributed by atoms with E-state index >= 15 is 0 Å². The summed E-state index contributed by atoms with van der Waals surface area (Å²) < 4.78 is 15.1. The minimum Gasteiger partial charge on any atom is -0.310 e. The zero-order valence-corrected chi connectivity index (χ0v) is 14.0. The summed E-state index contributed by atoms with van der Waals surface area (Å²) in [5.41, 5.74) is 2.74. The summed E-state index contributed by atoms with van der Waals surface area (Å²) in [6.45, 7) is 4.95. The fourth-order valence-electron chi connectivity index (χ4n) is 2.28. The fourth-order valence-corrected chi connectivity index (χ4v) is 2.51. The van der Waals surface area contributed by atoms with E-state index in [-0.39, 0.29) is 11.9 Å². The first-order chi connectivity index (χ1) is 10.1. The summed E-state index contributed by atoms with van der Waals surface area (Å²) in [6.07, 6.45) is 3.46. The highest BCUT2D eigenvalue weighted by molar-refractivity contribution is 9.10. The molecule has 1 heterocycles. The van der Waals surface area contributed by atoms with Crippen molar-refractivity contribution in [1.29, 1.82) is 0 Å². The summed E-state index contributed by atoms with van der Waals surface area (Å²) in [5, 5.41) is 3.43. The second-order valence-electron chi connectivity index (χ2n) is 5.20. The molecule has 2 aromatic rings. The van der Waals surface area contributed by atoms with Gasteiger partial charge >= 0.3 is 0 Å². The van der Waals surface area contributed by atoms with Crippen molar-refractivity contribution in [3.8, 4) is 0 Å². The van der Waals surface area contributed by atoms with Gasteiger partial charge in [-0.15, -0.1) is 0 Å². The molecule has 112 valence electrons. The Bertz CT molecular complexity index is 584. The van der Waals surface area contributed by atoms with E-state index in [4.69, 9.17) is 0 Å². The molecule has 0 aliphatic heterocycles. The highest BCUT2D eigenvalue weighted by atomic mass is 79.9. The molecule has 0 bridgehead atoms. The molecular formula is C17H20BrFN2. The van der Waals surface area contributed by atoms with E-state index in [0.29, 0.717) is 12.0 Å². The van der Waals surface area contributed by atoms with Gasteiger partial charge in [0.15, 0.2) is 0 Å². The molecule has 2 rings (SSSR count). The molecule has 0 aliphatic carbocycles. The Balaban J connectivity index is 2.25. The van der Waals surface area contributed by atoms with Gasteiger partial charge in [0.25, 0.3) is 0 Å². The van der Waals surface area contributed by atoms with Gasteiger partial charge in [0, 0.05) is 34.4 Å². The van der Waals surface area contributed by atoms with Gasteiger partial charge in [-0.1, -0.05) is 24.6 Å². The summed E-state index contributed by atoms with van der Waals surface area (Å²) in [7, 11) is 0. The van der Waals surface area contributed by atoms with Crippen LogP contribution in [-0.2, 0) is 6.42 Å². The van der Waals surface area contributed by atoms with Crippen LogP contribution in [0.25, 0.3) is 0 Å². The van der Waals surface area contributed by atoms with E-state index in [1.54, 1.807) is 18.3 Å². The number of pyridine rings is 1. The zero-order chi connectivity index (χ0) is 15.2. The van der Waals surface area contributed by atoms with Crippen LogP contribution >= 0.6 is 15.9 Å². The SMILES string of the molecule is CCCNC(Cc1ccc(Br)cn1)c1cc(C)ccc1F. The molecule has 0 saturated carbocycles. The molecular weight excluding hydrogens is 331 g/mol. The number of aryl methyl sites for hydroxylation is 1. The lowest BCUT2D eigenvalue weighted by Gasteiger charge is -2.20. The maximum Gasteiger partial charge on any atom is 0.128 e. The smallest absolute Gasteiger partial charge is 0.128 e. The third-order valence-corrected chi connectivity index (χ3v) is 3.84. The first-order valence-electron chi connectivity index (χ1n) is 7.20. The molecule has 0 amide bonds. The van der Waals surface area contributed by atoms with Crippen LogP contribution in [0.3, 0.4) is 0 Å². The molecule has 2 nitrogen and oxygen atoms in total. The van der Waals surface area contributed by atoms with Crippen molar-refractivity contribution < 1.29 is 4.39 Å². The lowest BCUT2D eigenvalue weighted by atomic mass is 9.99. The third kappa shape index (κ3) is 4.61. The Kier molecular flexibility index (Phi) is 5.88. The van der Waals surface area contributed by atoms with Crippen molar-refractivity contribution in [3.63, 3.8) is 0 Å². The second-order valence-corrected chi connectivity index (χ2v) is 6.12. The van der Waals surface area contributed by atoms with E-state index in [1.165, 1.54) is 0 Å². The Morgan fingerprint density at radius 1 is 1.29 bits per heavy atom. The maximum atomic E-state index is 14.1. The quantitative estimate of drug-likeness (QED) is 0.824. The van der Waals surface area contributed by atoms with E-state index in [0.717, 1.165) is 28.7 Å². The van der Waals surface area contributed by atoms with Crippen molar-refractivity contribution in [3.05, 3.63) is 63.6 Å². The largest absolute Gasteiger partial charge is 0.310 e. The standard InChI is InChI=1S/C17H20BrFN2/c1-3-8-20-17(10-14-6-5-13(18)11-21-14)15-9-12(2)4-7-16(15)19/h4-7,9,11,17,20H,3,8,10H2,1-2H3. The van der Waals surface area contributed by atoms with E-state index < -0.39 is 0 Å². The molecule has 1 atom stereocenters. The second kappa shape index (κ2) is 7.66. The molecule has 1 unspecified atom stereocenters. The molecule has 1 aromatic carbocycles. The predicted octanol–water partition coefficient (Wildman–Crippen LogP) is 4.58. The Morgan fingerprint density at radius 3 is 2.76 bits per heavy atom. The molecule has 0 spiro atoms. The molecule has 0 fully saturated rings. The van der Waals surface area contributed by atoms with Crippen molar-refractivity contribution in [1.82, 2.24) is 10.3 Å². The van der Waals surface area contributed by atoms with Gasteiger partial charge in [0.2, 0.25) is 0 Å². The molecule has 4 heteroatoms. The van der Waals surface area contributed by atoms with Crippen molar-refractivity contribution in [2.45, 2.75) is 32.7 Å². The molecule has 21 heavy (non-hydrogen) atoms. The topological polar surface area (TPSA) is 24.9 Å². The Morgan fingerprint density at radius 2 is 2.10 bits per heavy atom. The van der Waals surface area contributed by atoms with Crippen LogP contribution in [0.5, 0.6) is 0 Å². The Hall–Kier alpha value is -1.26. The maximum absolute atomic E-state index is 14.1. The minimum atomic E-state index is -0.161. The van der Waals surface area contributed by atoms with Gasteiger partial charge in [-0.2, -0.15) is 0 Å². The van der Waals surface area contributed by atoms with Gasteiger partial charge in [-0.3, -0.25) is 4.98 Å². The molecule has 0 radical (unpaired) electrons. The first kappa shape index (κ1) is 16.1. The fraction of sp³-hybridized carbons (Fsp3) is 0.353. The van der Waals surface area contributed by atoms with E-state index in [2.05, 4.69) is 33.2 Å². The number of nitrogens with one attached hydrogen (secondary N) is 1. The van der Waals surface area contributed by atoms with Crippen LogP contribution in [0.4, 0.5) is 4.39 Å². The van der Waals surface area contributed by atoms with Gasteiger partial charge < -0.3 is 5.32 Å². The summed E-state index contributed by atoms with van der Waals surface area (Å²) in [4.78, 5) is 4.39. The predicted molar refractivity (Wildman–Crippen MR) is 87.8 cm³/mol. The normalized spacial score (nSPS) is 12.4. The average Bonchev–Trinajstić information content (AvgIpc) is 2.48. The van der Waals surface area contributed by atoms with Crippen molar-refractivity contribution >= 4 is 15.9 Å². The van der Waals surface area contributed by atoms with Gasteiger partial charge in [0.05, 0.1) is 0 Å². The molecule has 0 aliphatic rings. The van der Waals surface area contributed by atoms with Crippen LogP contribution in [-0.4, -0.2) is 11.5 Å². The molecule has 1 N–H and O–H groups in total. The van der Waals surface area contributed by atoms with E-state index in [1.807, 2.05) is 25.1 Å². The molecule has 1 aromatic heterocycles. The summed E-state index contributed by atoms with van der Waals surface area (Å²) in [5.74, 6) is -0.161. The summed E-state index contributed by atoms with van der Waals surface area (Å²) in [6, 6.07) is 9.14. The van der Waals surface area contributed by atoms with Gasteiger partial charge in [-0.25, -0.2) is 4.39 Å². The van der Waals surface area contributed by atoms with Crippen molar-refractivity contribution in [2.75, 3.05) is 6.54 Å². The molecule has 0 saturated heterocycles. The summed E-state index contributed by atoms with van der Waals surface area (Å²) >= 11 is 3.38. The van der Waals surface area contributed by atoms with Crippen LogP contribution in [0.15, 0.2) is 41.0 Å². The van der Waals surface area contributed by atoms with Crippen LogP contribution in [0.2, 0.25) is 0 Å². The minimum absolute atomic E-state index is 0.0569. The van der Waals surface area contributed by atoms with Crippen molar-refractivity contribution in [2.24, 2.45) is 0 Å². The number of rotatable bonds is 6. The third-order valence-electron chi connectivity index (χ3n) is 3.37. The number of hydrogen-bond acceptors (Lipinski definition) is 2. The lowest BCUT2D eigenvalue weighted by Crippen LogP contribution is -2.25.